The van der Waals surface area contributed by atoms with Gasteiger partial charge in [0.25, 0.3) is 5.88 Å². The van der Waals surface area contributed by atoms with E-state index >= 15 is 0 Å². The highest BCUT2D eigenvalue weighted by Crippen LogP contribution is 2.48. The van der Waals surface area contributed by atoms with Crippen molar-refractivity contribution in [2.24, 2.45) is 0 Å². The molecule has 1 aromatic heterocycles. The van der Waals surface area contributed by atoms with Gasteiger partial charge in [0.15, 0.2) is 5.82 Å². The number of carboxylic acid groups (broad SMARTS) is 2. The zero-order valence-electron chi connectivity index (χ0n) is 17.4. The van der Waals surface area contributed by atoms with E-state index < -0.39 is 24.3 Å². The van der Waals surface area contributed by atoms with Crippen molar-refractivity contribution in [1.82, 2.24) is 9.88 Å². The van der Waals surface area contributed by atoms with Crippen LogP contribution in [0.2, 0.25) is 0 Å². The van der Waals surface area contributed by atoms with Crippen molar-refractivity contribution in [2.75, 3.05) is 18.8 Å². The number of rotatable bonds is 3. The fraction of sp³-hybridized carbons (Fsp3) is 0.632. The first-order valence-electron chi connectivity index (χ1n) is 9.88. The summed E-state index contributed by atoms with van der Waals surface area (Å²) in [6.45, 7) is 2.37. The van der Waals surface area contributed by atoms with Gasteiger partial charge in [0.1, 0.15) is 6.10 Å². The maximum Gasteiger partial charge on any atom is 0.490 e. The van der Waals surface area contributed by atoms with E-state index in [1.807, 2.05) is 11.8 Å². The Labute approximate surface area is 193 Å². The molecule has 1 aliphatic carbocycles. The van der Waals surface area contributed by atoms with Gasteiger partial charge in [0.05, 0.1) is 0 Å². The molecule has 7 nitrogen and oxygen atoms in total. The Hall–Kier alpha value is -2.29. The van der Waals surface area contributed by atoms with Crippen molar-refractivity contribution in [2.45, 2.75) is 54.9 Å². The summed E-state index contributed by atoms with van der Waals surface area (Å²) in [6, 6.07) is 3.84. The molecule has 15 heteroatoms. The molecule has 2 saturated heterocycles. The van der Waals surface area contributed by atoms with E-state index in [4.69, 9.17) is 24.5 Å². The summed E-state index contributed by atoms with van der Waals surface area (Å²) in [5.74, 6) is -4.76. The lowest BCUT2D eigenvalue weighted by molar-refractivity contribution is -0.193. The first-order valence-corrected chi connectivity index (χ1v) is 10.9. The van der Waals surface area contributed by atoms with E-state index in [2.05, 4.69) is 9.88 Å². The highest BCUT2D eigenvalue weighted by Gasteiger charge is 2.52. The Balaban J connectivity index is 0.000000244. The van der Waals surface area contributed by atoms with Gasteiger partial charge < -0.3 is 14.9 Å². The number of pyridine rings is 1. The molecule has 192 valence electrons. The second kappa shape index (κ2) is 11.0. The zero-order chi connectivity index (χ0) is 25.7. The van der Waals surface area contributed by atoms with Crippen molar-refractivity contribution in [3.8, 4) is 5.88 Å². The number of ether oxygens (including phenoxy) is 1. The molecule has 2 aliphatic heterocycles. The highest BCUT2D eigenvalue weighted by atomic mass is 32.2. The molecular weight excluding hydrogens is 501 g/mol. The average Bonchev–Trinajstić information content (AvgIpc) is 3.05. The average molecular weight is 522 g/mol. The molecule has 4 rings (SSSR count). The van der Waals surface area contributed by atoms with E-state index in [-0.39, 0.29) is 17.8 Å². The Kier molecular flexibility index (Phi) is 9.02. The Morgan fingerprint density at radius 2 is 1.62 bits per heavy atom. The van der Waals surface area contributed by atoms with Gasteiger partial charge in [-0.3, -0.25) is 4.90 Å². The standard InChI is InChI=1S/C15H19FN2OS.2C2HF3O2/c16-13-5-2-6-17-14(13)19-12-7-15(20-8-12)9-18(10-15)11-3-1-4-11;2*3-2(4,5)1(6)7/h2,5-6,11-12H,1,3-4,7-10H2;2*(H,6,7). The van der Waals surface area contributed by atoms with E-state index in [0.29, 0.717) is 4.75 Å². The molecule has 1 aromatic rings. The first kappa shape index (κ1) is 28.0. The predicted octanol–water partition coefficient (Wildman–Crippen LogP) is 3.98. The third-order valence-electron chi connectivity index (χ3n) is 5.24. The number of aliphatic carboxylic acids is 2. The quantitative estimate of drug-likeness (QED) is 0.576. The van der Waals surface area contributed by atoms with Crippen LogP contribution in [0, 0.1) is 5.82 Å². The maximum atomic E-state index is 13.6. The number of hydrogen-bond donors (Lipinski definition) is 2. The topological polar surface area (TPSA) is 100.0 Å². The number of likely N-dealkylation sites (tertiary alicyclic amines) is 1. The van der Waals surface area contributed by atoms with Crippen LogP contribution >= 0.6 is 11.8 Å². The molecule has 3 aliphatic rings. The summed E-state index contributed by atoms with van der Waals surface area (Å²) >= 11 is 2.00. The zero-order valence-corrected chi connectivity index (χ0v) is 18.2. The largest absolute Gasteiger partial charge is 0.490 e. The van der Waals surface area contributed by atoms with Gasteiger partial charge in [-0.2, -0.15) is 26.3 Å². The summed E-state index contributed by atoms with van der Waals surface area (Å²) in [6.07, 6.45) is -3.31. The van der Waals surface area contributed by atoms with Gasteiger partial charge in [0, 0.05) is 42.2 Å². The summed E-state index contributed by atoms with van der Waals surface area (Å²) in [7, 11) is 0. The number of aromatic nitrogens is 1. The number of hydrogen-bond acceptors (Lipinski definition) is 6. The lowest BCUT2D eigenvalue weighted by Crippen LogP contribution is -2.63. The minimum Gasteiger partial charge on any atom is -0.475 e. The molecule has 0 radical (unpaired) electrons. The van der Waals surface area contributed by atoms with Gasteiger partial charge in [0.2, 0.25) is 0 Å². The molecule has 1 atom stereocenters. The number of alkyl halides is 6. The number of carbonyl (C=O) groups is 2. The Morgan fingerprint density at radius 1 is 1.09 bits per heavy atom. The second-order valence-electron chi connectivity index (χ2n) is 7.82. The molecule has 34 heavy (non-hydrogen) atoms. The fourth-order valence-electron chi connectivity index (χ4n) is 3.42. The molecule has 1 unspecified atom stereocenters. The number of carboxylic acids is 2. The smallest absolute Gasteiger partial charge is 0.475 e. The van der Waals surface area contributed by atoms with Crippen LogP contribution in [0.15, 0.2) is 18.3 Å². The molecule has 1 saturated carbocycles. The van der Waals surface area contributed by atoms with Crippen LogP contribution < -0.4 is 4.74 Å². The van der Waals surface area contributed by atoms with Crippen molar-refractivity contribution in [1.29, 1.82) is 0 Å². The summed E-state index contributed by atoms with van der Waals surface area (Å²) in [4.78, 5) is 24.4. The van der Waals surface area contributed by atoms with Crippen LogP contribution in [0.4, 0.5) is 30.7 Å². The molecular formula is C19H21F7N2O5S. The van der Waals surface area contributed by atoms with Crippen molar-refractivity contribution in [3.63, 3.8) is 0 Å². The van der Waals surface area contributed by atoms with Crippen LogP contribution in [0.3, 0.4) is 0 Å². The van der Waals surface area contributed by atoms with Crippen molar-refractivity contribution < 1.29 is 55.3 Å². The van der Waals surface area contributed by atoms with Crippen LogP contribution in [0.25, 0.3) is 0 Å². The van der Waals surface area contributed by atoms with Crippen molar-refractivity contribution >= 4 is 23.7 Å². The molecule has 2 N–H and O–H groups in total. The van der Waals surface area contributed by atoms with E-state index in [0.717, 1.165) is 18.2 Å². The molecule has 1 spiro atoms. The number of halogens is 7. The van der Waals surface area contributed by atoms with E-state index in [1.165, 1.54) is 38.4 Å². The SMILES string of the molecule is Fc1cccnc1OC1CSC2(C1)CN(C1CCC1)C2.O=C(O)C(F)(F)F.O=C(O)C(F)(F)F. The normalized spacial score (nSPS) is 21.8. The van der Waals surface area contributed by atoms with Crippen LogP contribution in [0.5, 0.6) is 5.88 Å². The second-order valence-corrected chi connectivity index (χ2v) is 9.31. The van der Waals surface area contributed by atoms with Gasteiger partial charge in [-0.25, -0.2) is 19.0 Å². The Bertz CT molecular complexity index is 834. The molecule has 0 bridgehead atoms. The highest BCUT2D eigenvalue weighted by molar-refractivity contribution is 8.01. The first-order chi connectivity index (χ1) is 15.6. The maximum absolute atomic E-state index is 13.6. The minimum absolute atomic E-state index is 0.105. The monoisotopic (exact) mass is 522 g/mol. The van der Waals surface area contributed by atoms with Gasteiger partial charge in [-0.05, 0) is 25.0 Å². The number of thioether (sulfide) groups is 1. The minimum atomic E-state index is -5.08. The Morgan fingerprint density at radius 3 is 2.03 bits per heavy atom. The van der Waals surface area contributed by atoms with Crippen LogP contribution in [-0.2, 0) is 9.59 Å². The molecule has 0 amide bonds. The van der Waals surface area contributed by atoms with Crippen LogP contribution in [-0.4, -0.2) is 80.1 Å². The summed E-state index contributed by atoms with van der Waals surface area (Å²) in [5, 5.41) is 14.2. The fourth-order valence-corrected chi connectivity index (χ4v) is 4.96. The lowest BCUT2D eigenvalue weighted by Gasteiger charge is -2.53. The van der Waals surface area contributed by atoms with E-state index in [1.54, 1.807) is 12.3 Å². The van der Waals surface area contributed by atoms with E-state index in [9.17, 15) is 30.7 Å². The van der Waals surface area contributed by atoms with Gasteiger partial charge in [-0.1, -0.05) is 6.42 Å². The summed E-state index contributed by atoms with van der Waals surface area (Å²) < 4.78 is 83.1. The molecule has 3 fully saturated rings. The van der Waals surface area contributed by atoms with Gasteiger partial charge >= 0.3 is 24.3 Å². The number of nitrogens with zero attached hydrogens (tertiary/aromatic N) is 2. The van der Waals surface area contributed by atoms with Gasteiger partial charge in [-0.15, -0.1) is 11.8 Å². The summed E-state index contributed by atoms with van der Waals surface area (Å²) in [5.41, 5.74) is 0. The molecule has 3 heterocycles. The third kappa shape index (κ3) is 7.89. The van der Waals surface area contributed by atoms with Crippen LogP contribution in [0.1, 0.15) is 25.7 Å². The lowest BCUT2D eigenvalue weighted by atomic mass is 9.84. The van der Waals surface area contributed by atoms with Crippen molar-refractivity contribution in [3.05, 3.63) is 24.1 Å². The predicted molar refractivity (Wildman–Crippen MR) is 105 cm³/mol. The third-order valence-corrected chi connectivity index (χ3v) is 6.81. The molecule has 0 aromatic carbocycles.